The zero-order valence-corrected chi connectivity index (χ0v) is 9.46. The summed E-state index contributed by atoms with van der Waals surface area (Å²) in [5, 5.41) is 3.43. The molecule has 4 nitrogen and oxygen atoms in total. The molecule has 1 aliphatic heterocycles. The van der Waals surface area contributed by atoms with Gasteiger partial charge in [-0.05, 0) is 19.4 Å². The van der Waals surface area contributed by atoms with Crippen LogP contribution in [-0.4, -0.2) is 21.3 Å². The van der Waals surface area contributed by atoms with Crippen LogP contribution < -0.4 is 5.32 Å². The molecule has 0 bridgehead atoms. The van der Waals surface area contributed by atoms with Gasteiger partial charge in [-0.2, -0.15) is 0 Å². The normalized spacial score (nSPS) is 33.2. The summed E-state index contributed by atoms with van der Waals surface area (Å²) < 4.78 is 0. The summed E-state index contributed by atoms with van der Waals surface area (Å²) in [5.41, 5.74) is 3.69. The Morgan fingerprint density at radius 3 is 3.31 bits per heavy atom. The fourth-order valence-corrected chi connectivity index (χ4v) is 2.98. The number of aromatic amines is 1. The number of aromatic nitrogens is 2. The van der Waals surface area contributed by atoms with E-state index in [0.717, 1.165) is 30.2 Å². The van der Waals surface area contributed by atoms with Gasteiger partial charge in [-0.25, -0.2) is 4.98 Å². The maximum Gasteiger partial charge on any atom is 0.112 e. The average Bonchev–Trinajstić information content (AvgIpc) is 2.69. The lowest BCUT2D eigenvalue weighted by molar-refractivity contribution is 0.756. The molecule has 2 aliphatic carbocycles. The molecule has 4 rings (SSSR count). The minimum absolute atomic E-state index is 0. The second-order valence-corrected chi connectivity index (χ2v) is 4.90. The largest absolute Gasteiger partial charge is 0.345 e. The predicted molar refractivity (Wildman–Crippen MR) is 66.5 cm³/mol. The highest BCUT2D eigenvalue weighted by atomic mass is 15.2. The van der Waals surface area contributed by atoms with Crippen molar-refractivity contribution >= 4 is 11.9 Å². The first-order valence-electron chi connectivity index (χ1n) is 5.87. The molecule has 2 unspecified atom stereocenters. The Morgan fingerprint density at radius 2 is 2.50 bits per heavy atom. The molecule has 0 aromatic carbocycles. The molecular formula is C12H18N4. The predicted octanol–water partition coefficient (Wildman–Crippen LogP) is 2.20. The van der Waals surface area contributed by atoms with E-state index in [1.807, 2.05) is 6.92 Å². The van der Waals surface area contributed by atoms with Crippen LogP contribution in [0.2, 0.25) is 0 Å². The number of amidine groups is 1. The third kappa shape index (κ3) is 0.821. The van der Waals surface area contributed by atoms with Crippen molar-refractivity contribution in [1.29, 1.82) is 0 Å². The maximum atomic E-state index is 4.83. The fourth-order valence-electron chi connectivity index (χ4n) is 2.98. The van der Waals surface area contributed by atoms with E-state index in [-0.39, 0.29) is 8.39 Å². The first kappa shape index (κ1) is 8.56. The van der Waals surface area contributed by atoms with Gasteiger partial charge in [-0.3, -0.25) is 4.99 Å². The lowest BCUT2D eigenvalue weighted by atomic mass is 10.0. The summed E-state index contributed by atoms with van der Waals surface area (Å²) in [7, 11) is 0. The summed E-state index contributed by atoms with van der Waals surface area (Å²) >= 11 is 0. The molecule has 1 aromatic heterocycles. The number of H-pyrrole nitrogens is 1. The fraction of sp³-hybridized carbons (Fsp3) is 0.500. The number of aliphatic imine (C=N–C) groups is 1. The molecule has 2 atom stereocenters. The lowest BCUT2D eigenvalue weighted by Crippen LogP contribution is -2.21. The highest BCUT2D eigenvalue weighted by molar-refractivity contribution is 5.91. The van der Waals surface area contributed by atoms with Crippen molar-refractivity contribution < 1.29 is 2.85 Å². The number of rotatable bonds is 1. The van der Waals surface area contributed by atoms with Crippen LogP contribution in [0.25, 0.3) is 6.08 Å². The smallest absolute Gasteiger partial charge is 0.112 e. The van der Waals surface area contributed by atoms with Crippen LogP contribution in [-0.2, 0) is 0 Å². The van der Waals surface area contributed by atoms with Crippen molar-refractivity contribution in [2.75, 3.05) is 0 Å². The molecule has 0 amide bonds. The van der Waals surface area contributed by atoms with E-state index in [4.69, 9.17) is 4.99 Å². The van der Waals surface area contributed by atoms with Gasteiger partial charge in [0.05, 0.1) is 5.69 Å². The Balaban J connectivity index is 0.000000602. The van der Waals surface area contributed by atoms with Crippen LogP contribution >= 0.6 is 0 Å². The van der Waals surface area contributed by atoms with Crippen molar-refractivity contribution in [3.8, 4) is 0 Å². The first-order chi connectivity index (χ1) is 7.73. The SMILES string of the molecule is CCC1=NC23CC2c2[nH]c(C)nc2C=C3N1.[HH].[HH]. The van der Waals surface area contributed by atoms with E-state index in [0.29, 0.717) is 5.92 Å². The van der Waals surface area contributed by atoms with Gasteiger partial charge in [0.1, 0.15) is 17.2 Å². The Labute approximate surface area is 96.9 Å². The first-order valence-corrected chi connectivity index (χ1v) is 5.87. The summed E-state index contributed by atoms with van der Waals surface area (Å²) in [6.45, 7) is 4.15. The molecule has 3 aliphatic rings. The van der Waals surface area contributed by atoms with Gasteiger partial charge in [-0.1, -0.05) is 6.92 Å². The molecule has 0 radical (unpaired) electrons. The number of nitrogens with one attached hydrogen (secondary N) is 2. The van der Waals surface area contributed by atoms with E-state index in [1.165, 1.54) is 11.4 Å². The third-order valence-electron chi connectivity index (χ3n) is 3.86. The lowest BCUT2D eigenvalue weighted by Gasteiger charge is -2.13. The minimum atomic E-state index is 0. The number of imidazole rings is 1. The standard InChI is InChI=1S/C12H14N4.2H2/c1-3-10-15-9-4-8-11(14-6(2)13-8)7-5-12(7,9)16-10;;/h4,7H,3,5H2,1-2H3,(H,13,14)(H,15,16);2*1H. The quantitative estimate of drug-likeness (QED) is 0.759. The third-order valence-corrected chi connectivity index (χ3v) is 3.86. The monoisotopic (exact) mass is 218 g/mol. The number of fused-ring (bicyclic) bond motifs is 2. The molecule has 1 fully saturated rings. The van der Waals surface area contributed by atoms with Crippen molar-refractivity contribution in [2.24, 2.45) is 4.99 Å². The Hall–Kier alpha value is -1.58. The van der Waals surface area contributed by atoms with E-state index in [1.54, 1.807) is 0 Å². The maximum absolute atomic E-state index is 4.83. The van der Waals surface area contributed by atoms with Crippen LogP contribution in [0.1, 0.15) is 45.7 Å². The van der Waals surface area contributed by atoms with Gasteiger partial charge in [0.2, 0.25) is 0 Å². The molecule has 2 N–H and O–H groups in total. The molecule has 0 saturated heterocycles. The van der Waals surface area contributed by atoms with Gasteiger partial charge < -0.3 is 10.3 Å². The Bertz CT molecular complexity index is 560. The molecule has 1 saturated carbocycles. The number of nitrogens with zero attached hydrogens (tertiary/aromatic N) is 2. The Morgan fingerprint density at radius 1 is 1.62 bits per heavy atom. The molecule has 16 heavy (non-hydrogen) atoms. The molecule has 86 valence electrons. The summed E-state index contributed by atoms with van der Waals surface area (Å²) in [4.78, 5) is 12.7. The van der Waals surface area contributed by atoms with Gasteiger partial charge in [0.25, 0.3) is 0 Å². The van der Waals surface area contributed by atoms with Crippen molar-refractivity contribution in [3.05, 3.63) is 22.9 Å². The second-order valence-electron chi connectivity index (χ2n) is 4.90. The minimum Gasteiger partial charge on any atom is -0.345 e. The van der Waals surface area contributed by atoms with Gasteiger partial charge in [0, 0.05) is 26.6 Å². The topological polar surface area (TPSA) is 53.1 Å². The highest BCUT2D eigenvalue weighted by Gasteiger charge is 2.63. The van der Waals surface area contributed by atoms with Crippen LogP contribution in [0.4, 0.5) is 0 Å². The summed E-state index contributed by atoms with van der Waals surface area (Å²) in [5.74, 6) is 2.65. The summed E-state index contributed by atoms with van der Waals surface area (Å²) in [6, 6.07) is 0. The number of aryl methyl sites for hydroxylation is 1. The highest BCUT2D eigenvalue weighted by Crippen LogP contribution is 2.62. The molecule has 2 heterocycles. The van der Waals surface area contributed by atoms with Crippen LogP contribution in [0.3, 0.4) is 0 Å². The van der Waals surface area contributed by atoms with Crippen LogP contribution in [0, 0.1) is 6.92 Å². The van der Waals surface area contributed by atoms with E-state index < -0.39 is 0 Å². The van der Waals surface area contributed by atoms with Crippen molar-refractivity contribution in [2.45, 2.75) is 38.1 Å². The molecule has 4 heteroatoms. The second kappa shape index (κ2) is 2.39. The van der Waals surface area contributed by atoms with Gasteiger partial charge >= 0.3 is 0 Å². The zero-order valence-electron chi connectivity index (χ0n) is 9.46. The van der Waals surface area contributed by atoms with E-state index in [2.05, 4.69) is 28.3 Å². The average molecular weight is 218 g/mol. The van der Waals surface area contributed by atoms with Gasteiger partial charge in [-0.15, -0.1) is 0 Å². The van der Waals surface area contributed by atoms with Crippen molar-refractivity contribution in [1.82, 2.24) is 15.3 Å². The van der Waals surface area contributed by atoms with Crippen molar-refractivity contribution in [3.63, 3.8) is 0 Å². The zero-order chi connectivity index (χ0) is 10.9. The number of hydrogen-bond acceptors (Lipinski definition) is 3. The molecular weight excluding hydrogens is 200 g/mol. The molecule has 1 spiro atoms. The van der Waals surface area contributed by atoms with E-state index >= 15 is 0 Å². The summed E-state index contributed by atoms with van der Waals surface area (Å²) in [6.07, 6.45) is 4.27. The number of hydrogen-bond donors (Lipinski definition) is 2. The van der Waals surface area contributed by atoms with Gasteiger partial charge in [0.15, 0.2) is 0 Å². The molecule has 1 aromatic rings. The van der Waals surface area contributed by atoms with E-state index in [9.17, 15) is 0 Å². The van der Waals surface area contributed by atoms with Crippen LogP contribution in [0.15, 0.2) is 10.7 Å². The Kier molecular flexibility index (Phi) is 1.28. The van der Waals surface area contributed by atoms with Crippen LogP contribution in [0.5, 0.6) is 0 Å².